The van der Waals surface area contributed by atoms with Crippen LogP contribution in [0.1, 0.15) is 46.7 Å². The van der Waals surface area contributed by atoms with Crippen molar-refractivity contribution in [2.45, 2.75) is 44.8 Å². The van der Waals surface area contributed by atoms with Gasteiger partial charge >= 0.3 is 6.18 Å². The fraction of sp³-hybridized carbons (Fsp3) is 0.364. The number of nitrogens with zero attached hydrogens (tertiary/aromatic N) is 4. The molecule has 4 rings (SSSR count). The molecule has 1 aliphatic carbocycles. The summed E-state index contributed by atoms with van der Waals surface area (Å²) in [5.74, 6) is -0.913. The molecule has 0 spiro atoms. The van der Waals surface area contributed by atoms with Crippen molar-refractivity contribution in [3.8, 4) is 0 Å². The molecule has 2 aromatic heterocycles. The quantitative estimate of drug-likeness (QED) is 0.567. The summed E-state index contributed by atoms with van der Waals surface area (Å²) in [6.45, 7) is -0.330. The Morgan fingerprint density at radius 1 is 1.03 bits per heavy atom. The molecule has 1 aromatic carbocycles. The highest BCUT2D eigenvalue weighted by atomic mass is 19.4. The molecule has 0 fully saturated rings. The second-order valence-corrected chi connectivity index (χ2v) is 7.95. The van der Waals surface area contributed by atoms with E-state index >= 15 is 0 Å². The van der Waals surface area contributed by atoms with Crippen LogP contribution in [-0.2, 0) is 37.4 Å². The number of rotatable bonds is 5. The number of nitrogens with one attached hydrogen (secondary N) is 2. The molecule has 33 heavy (non-hydrogen) atoms. The molecule has 8 nitrogen and oxygen atoms in total. The Kier molecular flexibility index (Phi) is 6.21. The summed E-state index contributed by atoms with van der Waals surface area (Å²) in [5.41, 5.74) is 0.862. The SMILES string of the molecule is Cn1ccc(C(=O)Nc2cccc(NC(=O)Cn3nc(C(F)(F)F)c4c3CCCCC4)c2)n1. The third kappa shape index (κ3) is 5.24. The Morgan fingerprint density at radius 2 is 1.76 bits per heavy atom. The summed E-state index contributed by atoms with van der Waals surface area (Å²) in [4.78, 5) is 24.9. The maximum atomic E-state index is 13.5. The Hall–Kier alpha value is -3.63. The number of carbonyl (C=O) groups is 2. The number of alkyl halides is 3. The smallest absolute Gasteiger partial charge is 0.324 e. The number of hydrogen-bond donors (Lipinski definition) is 2. The van der Waals surface area contributed by atoms with Gasteiger partial charge in [-0.1, -0.05) is 12.5 Å². The lowest BCUT2D eigenvalue weighted by molar-refractivity contribution is -0.142. The predicted octanol–water partition coefficient (Wildman–Crippen LogP) is 3.80. The lowest BCUT2D eigenvalue weighted by atomic mass is 10.1. The summed E-state index contributed by atoms with van der Waals surface area (Å²) in [7, 11) is 1.70. The summed E-state index contributed by atoms with van der Waals surface area (Å²) < 4.78 is 43.1. The average Bonchev–Trinajstić information content (AvgIpc) is 3.23. The molecule has 2 heterocycles. The zero-order chi connectivity index (χ0) is 23.6. The van der Waals surface area contributed by atoms with E-state index in [1.165, 1.54) is 9.36 Å². The zero-order valence-electron chi connectivity index (χ0n) is 17.9. The molecular weight excluding hydrogens is 437 g/mol. The number of aromatic nitrogens is 4. The number of amides is 2. The van der Waals surface area contributed by atoms with Crippen LogP contribution in [-0.4, -0.2) is 31.4 Å². The normalized spacial score (nSPS) is 13.8. The molecular formula is C22H23F3N6O2. The van der Waals surface area contributed by atoms with E-state index in [0.717, 1.165) is 12.8 Å². The standard InChI is InChI=1S/C22H23F3N6O2/c1-30-11-10-17(28-30)21(33)27-15-7-5-6-14(12-15)26-19(32)13-31-18-9-4-2-3-8-16(18)20(29-31)22(23,24)25/h5-7,10-12H,2-4,8-9,13H2,1H3,(H,26,32)(H,27,33). The molecule has 0 saturated heterocycles. The number of fused-ring (bicyclic) bond motifs is 1. The predicted molar refractivity (Wildman–Crippen MR) is 115 cm³/mol. The van der Waals surface area contributed by atoms with Gasteiger partial charge in [-0.05, 0) is 49.9 Å². The first-order valence-corrected chi connectivity index (χ1v) is 10.6. The number of halogens is 3. The van der Waals surface area contributed by atoms with Crippen molar-refractivity contribution < 1.29 is 22.8 Å². The van der Waals surface area contributed by atoms with Crippen LogP contribution in [0, 0.1) is 0 Å². The second kappa shape index (κ2) is 9.08. The zero-order valence-corrected chi connectivity index (χ0v) is 17.9. The minimum atomic E-state index is -4.56. The number of benzene rings is 1. The van der Waals surface area contributed by atoms with Crippen molar-refractivity contribution in [1.29, 1.82) is 0 Å². The van der Waals surface area contributed by atoms with Gasteiger partial charge in [0, 0.05) is 35.9 Å². The van der Waals surface area contributed by atoms with Gasteiger partial charge in [-0.15, -0.1) is 0 Å². The lowest BCUT2D eigenvalue weighted by Gasteiger charge is -2.10. The van der Waals surface area contributed by atoms with Crippen molar-refractivity contribution in [3.05, 3.63) is 59.2 Å². The Balaban J connectivity index is 1.47. The molecule has 0 bridgehead atoms. The van der Waals surface area contributed by atoms with Crippen molar-refractivity contribution >= 4 is 23.2 Å². The summed E-state index contributed by atoms with van der Waals surface area (Å²) >= 11 is 0. The molecule has 11 heteroatoms. The van der Waals surface area contributed by atoms with Gasteiger partial charge in [0.25, 0.3) is 5.91 Å². The molecule has 2 N–H and O–H groups in total. The van der Waals surface area contributed by atoms with Gasteiger partial charge in [0.1, 0.15) is 6.54 Å². The minimum absolute atomic E-state index is 0.201. The van der Waals surface area contributed by atoms with Crippen molar-refractivity contribution in [2.24, 2.45) is 7.05 Å². The average molecular weight is 460 g/mol. The largest absolute Gasteiger partial charge is 0.435 e. The van der Waals surface area contributed by atoms with Gasteiger partial charge in [0.15, 0.2) is 11.4 Å². The van der Waals surface area contributed by atoms with Crippen LogP contribution in [0.5, 0.6) is 0 Å². The second-order valence-electron chi connectivity index (χ2n) is 7.95. The van der Waals surface area contributed by atoms with E-state index < -0.39 is 23.7 Å². The minimum Gasteiger partial charge on any atom is -0.324 e. The molecule has 1 aliphatic rings. The number of aryl methyl sites for hydroxylation is 1. The first-order valence-electron chi connectivity index (χ1n) is 10.6. The van der Waals surface area contributed by atoms with Gasteiger partial charge in [-0.2, -0.15) is 23.4 Å². The first-order chi connectivity index (χ1) is 15.7. The number of hydrogen-bond acceptors (Lipinski definition) is 4. The lowest BCUT2D eigenvalue weighted by Crippen LogP contribution is -2.21. The van der Waals surface area contributed by atoms with E-state index in [9.17, 15) is 22.8 Å². The summed E-state index contributed by atoms with van der Waals surface area (Å²) in [6.07, 6.45) is 0.127. The highest BCUT2D eigenvalue weighted by Crippen LogP contribution is 2.35. The number of carbonyl (C=O) groups excluding carboxylic acids is 2. The van der Waals surface area contributed by atoms with E-state index in [2.05, 4.69) is 20.8 Å². The van der Waals surface area contributed by atoms with Gasteiger partial charge in [-0.25, -0.2) is 0 Å². The topological polar surface area (TPSA) is 93.8 Å². The van der Waals surface area contributed by atoms with Crippen molar-refractivity contribution in [1.82, 2.24) is 19.6 Å². The third-order valence-corrected chi connectivity index (χ3v) is 5.42. The summed E-state index contributed by atoms with van der Waals surface area (Å²) in [6, 6.07) is 8.05. The third-order valence-electron chi connectivity index (χ3n) is 5.42. The molecule has 2 amide bonds. The van der Waals surface area contributed by atoms with Gasteiger partial charge in [0.2, 0.25) is 5.91 Å². The highest BCUT2D eigenvalue weighted by molar-refractivity contribution is 6.03. The van der Waals surface area contributed by atoms with E-state index in [-0.39, 0.29) is 17.8 Å². The van der Waals surface area contributed by atoms with Gasteiger partial charge in [0.05, 0.1) is 0 Å². The van der Waals surface area contributed by atoms with E-state index in [1.807, 2.05) is 0 Å². The maximum Gasteiger partial charge on any atom is 0.435 e. The first kappa shape index (κ1) is 22.6. The van der Waals surface area contributed by atoms with Crippen LogP contribution in [0.3, 0.4) is 0 Å². The summed E-state index contributed by atoms with van der Waals surface area (Å²) in [5, 5.41) is 13.1. The van der Waals surface area contributed by atoms with Crippen molar-refractivity contribution in [2.75, 3.05) is 10.6 Å². The van der Waals surface area contributed by atoms with E-state index in [1.54, 1.807) is 43.6 Å². The van der Waals surface area contributed by atoms with Crippen molar-refractivity contribution in [3.63, 3.8) is 0 Å². The Labute approximate surface area is 187 Å². The molecule has 0 radical (unpaired) electrons. The molecule has 0 saturated carbocycles. The fourth-order valence-electron chi connectivity index (χ4n) is 3.95. The maximum absolute atomic E-state index is 13.5. The monoisotopic (exact) mass is 460 g/mol. The Bertz CT molecular complexity index is 1180. The van der Waals surface area contributed by atoms with E-state index in [4.69, 9.17) is 0 Å². The molecule has 0 atom stereocenters. The fourth-order valence-corrected chi connectivity index (χ4v) is 3.95. The molecule has 174 valence electrons. The van der Waals surface area contributed by atoms with Crippen LogP contribution in [0.4, 0.5) is 24.5 Å². The highest BCUT2D eigenvalue weighted by Gasteiger charge is 2.39. The molecule has 0 aliphatic heterocycles. The van der Waals surface area contributed by atoms with Crippen LogP contribution < -0.4 is 10.6 Å². The van der Waals surface area contributed by atoms with Crippen LogP contribution in [0.25, 0.3) is 0 Å². The van der Waals surface area contributed by atoms with Crippen LogP contribution in [0.15, 0.2) is 36.5 Å². The van der Waals surface area contributed by atoms with Gasteiger partial charge in [-0.3, -0.25) is 19.0 Å². The number of anilines is 2. The van der Waals surface area contributed by atoms with Crippen LogP contribution in [0.2, 0.25) is 0 Å². The van der Waals surface area contributed by atoms with Crippen LogP contribution >= 0.6 is 0 Å². The van der Waals surface area contributed by atoms with E-state index in [0.29, 0.717) is 36.3 Å². The van der Waals surface area contributed by atoms with Gasteiger partial charge < -0.3 is 10.6 Å². The molecule has 0 unspecified atom stereocenters. The Morgan fingerprint density at radius 3 is 2.45 bits per heavy atom. The molecule has 3 aromatic rings.